The highest BCUT2D eigenvalue weighted by Gasteiger charge is 2.22. The van der Waals surface area contributed by atoms with Crippen LogP contribution in [0.15, 0.2) is 52.9 Å². The molecule has 2 amide bonds. The van der Waals surface area contributed by atoms with E-state index < -0.39 is 16.7 Å². The molecule has 0 aliphatic rings. The molecule has 0 saturated carbocycles. The second-order valence-corrected chi connectivity index (χ2v) is 6.79. The number of carbonyl (C=O) groups is 2. The topological polar surface area (TPSA) is 128 Å². The smallest absolute Gasteiger partial charge is 0.286 e. The van der Waals surface area contributed by atoms with E-state index in [4.69, 9.17) is 10.2 Å². The Morgan fingerprint density at radius 3 is 2.67 bits per heavy atom. The molecule has 0 aliphatic heterocycles. The van der Waals surface area contributed by atoms with Crippen LogP contribution in [-0.2, 0) is 0 Å². The van der Waals surface area contributed by atoms with Gasteiger partial charge in [0, 0.05) is 27.6 Å². The van der Waals surface area contributed by atoms with Crippen LogP contribution in [-0.4, -0.2) is 16.7 Å². The molecule has 4 rings (SSSR count). The lowest BCUT2D eigenvalue weighted by atomic mass is 10.2. The fourth-order valence-corrected chi connectivity index (χ4v) is 3.71. The number of thiophene rings is 1. The second-order valence-electron chi connectivity index (χ2n) is 5.71. The molecule has 0 saturated heterocycles. The van der Waals surface area contributed by atoms with Crippen molar-refractivity contribution in [1.82, 2.24) is 0 Å². The molecule has 0 radical (unpaired) electrons. The SMILES string of the molecule is NC(=O)c1oc2ccccc2c1NC(=O)c1cc2cc([N+](=O)[O-])ccc2s1. The summed E-state index contributed by atoms with van der Waals surface area (Å²) in [6.07, 6.45) is 0. The highest BCUT2D eigenvalue weighted by molar-refractivity contribution is 7.20. The van der Waals surface area contributed by atoms with Crippen molar-refractivity contribution in [2.45, 2.75) is 0 Å². The molecule has 4 aromatic rings. The van der Waals surface area contributed by atoms with Crippen LogP contribution >= 0.6 is 11.3 Å². The van der Waals surface area contributed by atoms with Crippen molar-refractivity contribution in [3.8, 4) is 0 Å². The Morgan fingerprint density at radius 2 is 1.93 bits per heavy atom. The first-order chi connectivity index (χ1) is 12.9. The van der Waals surface area contributed by atoms with Crippen molar-refractivity contribution in [2.24, 2.45) is 5.73 Å². The lowest BCUT2D eigenvalue weighted by Gasteiger charge is -2.02. The van der Waals surface area contributed by atoms with E-state index in [0.29, 0.717) is 21.2 Å². The van der Waals surface area contributed by atoms with Crippen LogP contribution in [0.2, 0.25) is 0 Å². The lowest BCUT2D eigenvalue weighted by Crippen LogP contribution is -2.16. The van der Waals surface area contributed by atoms with Crippen LogP contribution in [0.1, 0.15) is 20.2 Å². The largest absolute Gasteiger partial charge is 0.449 e. The Morgan fingerprint density at radius 1 is 1.15 bits per heavy atom. The first-order valence-corrected chi connectivity index (χ1v) is 8.56. The molecular formula is C18H11N3O5S. The van der Waals surface area contributed by atoms with Crippen LogP contribution in [0.4, 0.5) is 11.4 Å². The molecule has 3 N–H and O–H groups in total. The maximum Gasteiger partial charge on any atom is 0.286 e. The van der Waals surface area contributed by atoms with Crippen molar-refractivity contribution in [2.75, 3.05) is 5.32 Å². The van der Waals surface area contributed by atoms with Gasteiger partial charge in [0.15, 0.2) is 0 Å². The molecule has 0 bridgehead atoms. The maximum absolute atomic E-state index is 12.7. The molecular weight excluding hydrogens is 370 g/mol. The minimum atomic E-state index is -0.798. The van der Waals surface area contributed by atoms with Gasteiger partial charge in [-0.25, -0.2) is 0 Å². The number of hydrogen-bond donors (Lipinski definition) is 2. The van der Waals surface area contributed by atoms with E-state index in [1.165, 1.54) is 23.5 Å². The molecule has 27 heavy (non-hydrogen) atoms. The molecule has 0 unspecified atom stereocenters. The summed E-state index contributed by atoms with van der Waals surface area (Å²) in [6.45, 7) is 0. The van der Waals surface area contributed by atoms with Crippen molar-refractivity contribution >= 4 is 55.6 Å². The van der Waals surface area contributed by atoms with E-state index in [1.54, 1.807) is 36.4 Å². The number of benzene rings is 2. The van der Waals surface area contributed by atoms with Gasteiger partial charge in [-0.2, -0.15) is 0 Å². The number of nitrogens with one attached hydrogen (secondary N) is 1. The number of amides is 2. The Bertz CT molecular complexity index is 1240. The van der Waals surface area contributed by atoms with Crippen LogP contribution in [0.5, 0.6) is 0 Å². The Kier molecular flexibility index (Phi) is 3.85. The number of para-hydroxylation sites is 1. The predicted molar refractivity (Wildman–Crippen MR) is 101 cm³/mol. The van der Waals surface area contributed by atoms with Crippen molar-refractivity contribution in [3.63, 3.8) is 0 Å². The van der Waals surface area contributed by atoms with E-state index in [0.717, 1.165) is 4.70 Å². The number of non-ortho nitro benzene ring substituents is 1. The lowest BCUT2D eigenvalue weighted by molar-refractivity contribution is -0.384. The van der Waals surface area contributed by atoms with E-state index in [2.05, 4.69) is 5.32 Å². The summed E-state index contributed by atoms with van der Waals surface area (Å²) in [7, 11) is 0. The minimum absolute atomic E-state index is 0.0518. The number of nitrogens with two attached hydrogens (primary N) is 1. The third-order valence-electron chi connectivity index (χ3n) is 3.99. The summed E-state index contributed by atoms with van der Waals surface area (Å²) < 4.78 is 6.17. The predicted octanol–water partition coefficient (Wildman–Crippen LogP) is 3.91. The van der Waals surface area contributed by atoms with Crippen molar-refractivity contribution in [3.05, 3.63) is 69.3 Å². The number of anilines is 1. The number of nitro benzene ring substituents is 1. The third-order valence-corrected chi connectivity index (χ3v) is 5.11. The normalized spacial score (nSPS) is 11.0. The zero-order chi connectivity index (χ0) is 19.1. The average molecular weight is 381 g/mol. The number of fused-ring (bicyclic) bond motifs is 2. The van der Waals surface area contributed by atoms with Gasteiger partial charge < -0.3 is 15.5 Å². The molecule has 0 fully saturated rings. The van der Waals surface area contributed by atoms with E-state index in [1.807, 2.05) is 0 Å². The number of nitrogens with zero attached hydrogens (tertiary/aromatic N) is 1. The molecule has 9 heteroatoms. The molecule has 0 atom stereocenters. The summed E-state index contributed by atoms with van der Waals surface area (Å²) in [5.41, 5.74) is 5.93. The molecule has 2 aromatic carbocycles. The molecule has 0 aliphatic carbocycles. The summed E-state index contributed by atoms with van der Waals surface area (Å²) in [4.78, 5) is 35.1. The number of hydrogen-bond acceptors (Lipinski definition) is 6. The number of nitro groups is 1. The molecule has 8 nitrogen and oxygen atoms in total. The van der Waals surface area contributed by atoms with Crippen LogP contribution in [0.25, 0.3) is 21.1 Å². The second kappa shape index (κ2) is 6.22. The van der Waals surface area contributed by atoms with Gasteiger partial charge in [0.05, 0.1) is 9.80 Å². The first kappa shape index (κ1) is 16.7. The summed E-state index contributed by atoms with van der Waals surface area (Å²) in [5.74, 6) is -1.40. The Balaban J connectivity index is 1.73. The van der Waals surface area contributed by atoms with E-state index >= 15 is 0 Å². The number of rotatable bonds is 4. The highest BCUT2D eigenvalue weighted by Crippen LogP contribution is 2.33. The molecule has 2 aromatic heterocycles. The van der Waals surface area contributed by atoms with Crippen molar-refractivity contribution < 1.29 is 18.9 Å². The number of carbonyl (C=O) groups excluding carboxylic acids is 2. The van der Waals surface area contributed by atoms with Gasteiger partial charge in [-0.15, -0.1) is 11.3 Å². The highest BCUT2D eigenvalue weighted by atomic mass is 32.1. The quantitative estimate of drug-likeness (QED) is 0.409. The fourth-order valence-electron chi connectivity index (χ4n) is 2.77. The van der Waals surface area contributed by atoms with Gasteiger partial charge in [-0.1, -0.05) is 12.1 Å². The number of primary amides is 1. The average Bonchev–Trinajstić information content (AvgIpc) is 3.23. The Hall–Kier alpha value is -3.72. The molecule has 134 valence electrons. The van der Waals surface area contributed by atoms with Gasteiger partial charge in [0.25, 0.3) is 17.5 Å². The molecule has 0 spiro atoms. The van der Waals surface area contributed by atoms with Gasteiger partial charge in [-0.3, -0.25) is 19.7 Å². The summed E-state index contributed by atoms with van der Waals surface area (Å²) in [5, 5.41) is 14.7. The zero-order valence-electron chi connectivity index (χ0n) is 13.6. The van der Waals surface area contributed by atoms with Gasteiger partial charge >= 0.3 is 0 Å². The fraction of sp³-hybridized carbons (Fsp3) is 0. The van der Waals surface area contributed by atoms with Crippen molar-refractivity contribution in [1.29, 1.82) is 0 Å². The standard InChI is InChI=1S/C18H11N3O5S/c19-17(22)16-15(11-3-1-2-4-12(11)26-16)20-18(23)14-8-9-7-10(21(24)25)5-6-13(9)27-14/h1-8H,(H2,19,22)(H,20,23). The minimum Gasteiger partial charge on any atom is -0.449 e. The van der Waals surface area contributed by atoms with Gasteiger partial charge in [0.1, 0.15) is 11.3 Å². The van der Waals surface area contributed by atoms with Crippen LogP contribution < -0.4 is 11.1 Å². The summed E-state index contributed by atoms with van der Waals surface area (Å²) in [6, 6.07) is 12.8. The monoisotopic (exact) mass is 381 g/mol. The van der Waals surface area contributed by atoms with Gasteiger partial charge in [-0.05, 0) is 24.3 Å². The summed E-state index contributed by atoms with van der Waals surface area (Å²) >= 11 is 1.19. The third kappa shape index (κ3) is 2.89. The van der Waals surface area contributed by atoms with Crippen LogP contribution in [0.3, 0.4) is 0 Å². The zero-order valence-corrected chi connectivity index (χ0v) is 14.4. The molecule has 2 heterocycles. The van der Waals surface area contributed by atoms with E-state index in [9.17, 15) is 19.7 Å². The van der Waals surface area contributed by atoms with E-state index in [-0.39, 0.29) is 17.1 Å². The Labute approximate surface area is 155 Å². The number of furan rings is 1. The van der Waals surface area contributed by atoms with Gasteiger partial charge in [0.2, 0.25) is 5.76 Å². The van der Waals surface area contributed by atoms with Crippen LogP contribution in [0, 0.1) is 10.1 Å². The maximum atomic E-state index is 12.7. The first-order valence-electron chi connectivity index (χ1n) is 7.74.